The lowest BCUT2D eigenvalue weighted by atomic mass is 9.66. The van der Waals surface area contributed by atoms with E-state index in [1.165, 1.54) is 26.2 Å². The van der Waals surface area contributed by atoms with Crippen LogP contribution in [0, 0.1) is 24.7 Å². The minimum atomic E-state index is -4.13. The van der Waals surface area contributed by atoms with Gasteiger partial charge in [0, 0.05) is 19.1 Å². The van der Waals surface area contributed by atoms with Crippen molar-refractivity contribution < 1.29 is 46.3 Å². The Morgan fingerprint density at radius 2 is 1.83 bits per heavy atom. The first kappa shape index (κ1) is 34.0. The van der Waals surface area contributed by atoms with Crippen LogP contribution in [-0.2, 0) is 38.1 Å². The second-order valence-electron chi connectivity index (χ2n) is 12.3. The Morgan fingerprint density at radius 3 is 2.38 bits per heavy atom. The van der Waals surface area contributed by atoms with Gasteiger partial charge in [-0.05, 0) is 59.1 Å². The molecule has 1 aromatic rings. The van der Waals surface area contributed by atoms with E-state index in [1.54, 1.807) is 37.8 Å². The van der Waals surface area contributed by atoms with Crippen LogP contribution in [-0.4, -0.2) is 80.1 Å². The number of benzene rings is 1. The van der Waals surface area contributed by atoms with Crippen LogP contribution in [0.4, 0.5) is 4.79 Å². The van der Waals surface area contributed by atoms with Gasteiger partial charge in [0.2, 0.25) is 0 Å². The van der Waals surface area contributed by atoms with E-state index >= 15 is 0 Å². The number of fused-ring (bicyclic) bond motifs is 2. The molecule has 42 heavy (non-hydrogen) atoms. The molecule has 6 atom stereocenters. The van der Waals surface area contributed by atoms with Gasteiger partial charge in [0.25, 0.3) is 10.1 Å². The molecule has 2 fully saturated rings. The first-order valence-corrected chi connectivity index (χ1v) is 15.9. The number of hydrogen-bond donors (Lipinski definition) is 1. The van der Waals surface area contributed by atoms with Crippen molar-refractivity contribution in [3.05, 3.63) is 29.8 Å². The molecule has 12 heteroatoms. The van der Waals surface area contributed by atoms with Crippen molar-refractivity contribution in [2.24, 2.45) is 17.8 Å². The number of ketones is 1. The van der Waals surface area contributed by atoms with Gasteiger partial charge < -0.3 is 19.3 Å². The van der Waals surface area contributed by atoms with Crippen molar-refractivity contribution in [2.45, 2.75) is 102 Å². The summed E-state index contributed by atoms with van der Waals surface area (Å²) in [5, 5.41) is 9.98. The summed E-state index contributed by atoms with van der Waals surface area (Å²) in [5.74, 6) is -4.66. The number of carbonyl (C=O) groups is 3. The molecule has 2 bridgehead atoms. The van der Waals surface area contributed by atoms with Crippen LogP contribution in [0.5, 0.6) is 0 Å². The molecule has 1 amide bonds. The number of nitrogens with zero attached hydrogens (tertiary/aromatic N) is 1. The van der Waals surface area contributed by atoms with Crippen molar-refractivity contribution in [3.63, 3.8) is 0 Å². The summed E-state index contributed by atoms with van der Waals surface area (Å²) in [5.41, 5.74) is -1.19. The van der Waals surface area contributed by atoms with Gasteiger partial charge in [-0.15, -0.1) is 0 Å². The molecule has 1 unspecified atom stereocenters. The maximum Gasteiger partial charge on any atom is 0.411 e. The Hall–Kier alpha value is -2.54. The number of aryl methyl sites for hydroxylation is 1. The maximum atomic E-state index is 14.3. The van der Waals surface area contributed by atoms with Gasteiger partial charge in [0.05, 0.1) is 35.0 Å². The molecule has 0 radical (unpaired) electrons. The van der Waals surface area contributed by atoms with Gasteiger partial charge in [-0.2, -0.15) is 8.42 Å². The molecule has 0 spiro atoms. The van der Waals surface area contributed by atoms with Crippen molar-refractivity contribution in [1.82, 2.24) is 4.90 Å². The van der Waals surface area contributed by atoms with Gasteiger partial charge in [-0.25, -0.2) is 4.79 Å². The summed E-state index contributed by atoms with van der Waals surface area (Å²) in [6.07, 6.45) is 0.525. The highest BCUT2D eigenvalue weighted by molar-refractivity contribution is 7.86. The van der Waals surface area contributed by atoms with Crippen molar-refractivity contribution in [3.8, 4) is 0 Å². The summed E-state index contributed by atoms with van der Waals surface area (Å²) in [6, 6.07) is 5.43. The standard InChI is InChI=1S/C30H45NO10S/c1-8-9-15-30-22(14-16-40-42(36,37)21-12-10-19(2)11-13-21)26(32)25(20(3)27(33)34)23(17-24(30)39-18-38-7)31(30)28(35)41-29(4,5)6/h10-13,20,22-25H,8-9,14-18H2,1-7H3,(H,33,34)/t20?,22-,23-,24-,25+,30-/m0/s1. The number of carboxylic acid groups (broad SMARTS) is 1. The van der Waals surface area contributed by atoms with Crippen LogP contribution in [0.2, 0.25) is 0 Å². The summed E-state index contributed by atoms with van der Waals surface area (Å²) < 4.78 is 48.5. The molecule has 2 heterocycles. The molecule has 2 saturated heterocycles. The molecule has 236 valence electrons. The predicted octanol–water partition coefficient (Wildman–Crippen LogP) is 4.55. The van der Waals surface area contributed by atoms with Gasteiger partial charge >= 0.3 is 12.1 Å². The summed E-state index contributed by atoms with van der Waals surface area (Å²) >= 11 is 0. The van der Waals surface area contributed by atoms with Gasteiger partial charge in [0.15, 0.2) is 0 Å². The zero-order valence-corrected chi connectivity index (χ0v) is 26.4. The molecule has 2 aliphatic rings. The molecule has 3 rings (SSSR count). The number of methoxy groups -OCH3 is 1. The molecular formula is C30H45NO10S. The first-order chi connectivity index (χ1) is 19.6. The molecule has 2 aliphatic heterocycles. The zero-order valence-electron chi connectivity index (χ0n) is 25.6. The highest BCUT2D eigenvalue weighted by Crippen LogP contribution is 2.55. The van der Waals surface area contributed by atoms with E-state index in [1.807, 2.05) is 13.8 Å². The molecule has 0 saturated carbocycles. The van der Waals surface area contributed by atoms with Gasteiger partial charge in [-0.1, -0.05) is 44.4 Å². The SMILES string of the molecule is CCCC[C@@]12[C@@H](OCOC)C[C@@H]([C@@H](C(C)C(=O)O)C(=O)[C@@H]1CCOS(=O)(=O)c1ccc(C)cc1)N2C(=O)OC(C)(C)C. The van der Waals surface area contributed by atoms with E-state index in [0.717, 1.165) is 12.0 Å². The molecule has 11 nitrogen and oxygen atoms in total. The number of carboxylic acids is 1. The van der Waals surface area contributed by atoms with Gasteiger partial charge in [0.1, 0.15) is 18.2 Å². The normalized spacial score (nSPS) is 26.7. The van der Waals surface area contributed by atoms with Crippen LogP contribution in [0.1, 0.15) is 72.3 Å². The number of hydrogen-bond acceptors (Lipinski definition) is 9. The summed E-state index contributed by atoms with van der Waals surface area (Å²) in [6.45, 7) is 10.0. The fraction of sp³-hybridized carbons (Fsp3) is 0.700. The predicted molar refractivity (Wildman–Crippen MR) is 153 cm³/mol. The Bertz CT molecular complexity index is 1230. The van der Waals surface area contributed by atoms with E-state index in [9.17, 15) is 27.9 Å². The first-order valence-electron chi connectivity index (χ1n) is 14.5. The number of ether oxygens (including phenoxy) is 3. The maximum absolute atomic E-state index is 14.3. The van der Waals surface area contributed by atoms with Crippen LogP contribution < -0.4 is 0 Å². The molecule has 0 aromatic heterocycles. The molecule has 0 aliphatic carbocycles. The van der Waals surface area contributed by atoms with Gasteiger partial charge in [-0.3, -0.25) is 18.7 Å². The lowest BCUT2D eigenvalue weighted by Gasteiger charge is -2.53. The number of carbonyl (C=O) groups excluding carboxylic acids is 2. The number of unbranched alkanes of at least 4 members (excludes halogenated alkanes) is 1. The van der Waals surface area contributed by atoms with Crippen LogP contribution in [0.15, 0.2) is 29.2 Å². The Labute approximate surface area is 249 Å². The van der Waals surface area contributed by atoms with Crippen molar-refractivity contribution in [1.29, 1.82) is 0 Å². The zero-order chi connectivity index (χ0) is 31.5. The van der Waals surface area contributed by atoms with E-state index < -0.39 is 63.2 Å². The fourth-order valence-corrected chi connectivity index (χ4v) is 7.35. The monoisotopic (exact) mass is 611 g/mol. The fourth-order valence-electron chi connectivity index (χ4n) is 6.43. The van der Waals surface area contributed by atoms with E-state index in [4.69, 9.17) is 18.4 Å². The second-order valence-corrected chi connectivity index (χ2v) is 13.9. The smallest absolute Gasteiger partial charge is 0.411 e. The number of rotatable bonds is 13. The number of Topliss-reactive ketones (excluding diaryl/α,β-unsaturated/α-hetero) is 1. The third-order valence-electron chi connectivity index (χ3n) is 8.27. The minimum Gasteiger partial charge on any atom is -0.481 e. The van der Waals surface area contributed by atoms with Crippen LogP contribution >= 0.6 is 0 Å². The average Bonchev–Trinajstić information content (AvgIpc) is 3.17. The summed E-state index contributed by atoms with van der Waals surface area (Å²) in [7, 11) is -2.67. The average molecular weight is 612 g/mol. The lowest BCUT2D eigenvalue weighted by molar-refractivity contribution is -0.164. The summed E-state index contributed by atoms with van der Waals surface area (Å²) in [4.78, 5) is 42.0. The highest BCUT2D eigenvalue weighted by Gasteiger charge is 2.69. The number of amides is 1. The Kier molecular flexibility index (Phi) is 10.8. The third-order valence-corrected chi connectivity index (χ3v) is 9.60. The lowest BCUT2D eigenvalue weighted by Crippen LogP contribution is -2.68. The Balaban J connectivity index is 2.10. The van der Waals surface area contributed by atoms with E-state index in [2.05, 4.69) is 0 Å². The van der Waals surface area contributed by atoms with E-state index in [0.29, 0.717) is 12.8 Å². The number of aliphatic carboxylic acids is 1. The van der Waals surface area contributed by atoms with Crippen molar-refractivity contribution >= 4 is 28.0 Å². The van der Waals surface area contributed by atoms with Crippen molar-refractivity contribution in [2.75, 3.05) is 20.5 Å². The minimum absolute atomic E-state index is 0.0150. The molecule has 1 N–H and O–H groups in total. The second kappa shape index (κ2) is 13.4. The molecule has 1 aromatic carbocycles. The van der Waals surface area contributed by atoms with Crippen LogP contribution in [0.25, 0.3) is 0 Å². The largest absolute Gasteiger partial charge is 0.481 e. The topological polar surface area (TPSA) is 146 Å². The molecular weight excluding hydrogens is 566 g/mol. The number of piperidine rings is 1. The van der Waals surface area contributed by atoms with Crippen LogP contribution in [0.3, 0.4) is 0 Å². The Morgan fingerprint density at radius 1 is 1.19 bits per heavy atom. The highest BCUT2D eigenvalue weighted by atomic mass is 32.2. The third kappa shape index (κ3) is 6.98. The quantitative estimate of drug-likeness (QED) is 0.249. The van der Waals surface area contributed by atoms with E-state index in [-0.39, 0.29) is 36.9 Å².